The fourth-order valence-corrected chi connectivity index (χ4v) is 3.48. The molecule has 0 radical (unpaired) electrons. The van der Waals surface area contributed by atoms with Gasteiger partial charge in [0.1, 0.15) is 5.82 Å². The molecule has 4 aromatic rings. The molecule has 2 N–H and O–H groups in total. The number of benzene rings is 2. The molecule has 1 unspecified atom stereocenters. The van der Waals surface area contributed by atoms with E-state index in [-0.39, 0.29) is 24.3 Å². The van der Waals surface area contributed by atoms with Gasteiger partial charge in [-0.15, -0.1) is 12.4 Å². The third-order valence-corrected chi connectivity index (χ3v) is 5.06. The second-order valence-corrected chi connectivity index (χ2v) is 6.89. The van der Waals surface area contributed by atoms with Crippen molar-refractivity contribution >= 4 is 29.0 Å². The Balaban J connectivity index is 0.00000225. The normalized spacial score (nSPS) is 11.8. The lowest BCUT2D eigenvalue weighted by molar-refractivity contribution is 0.627. The van der Waals surface area contributed by atoms with Gasteiger partial charge in [-0.05, 0) is 61.7 Å². The molecule has 0 bridgehead atoms. The van der Waals surface area contributed by atoms with Crippen LogP contribution in [0.25, 0.3) is 10.9 Å². The van der Waals surface area contributed by atoms with Crippen molar-refractivity contribution in [1.29, 1.82) is 0 Å². The molecule has 28 heavy (non-hydrogen) atoms. The summed E-state index contributed by atoms with van der Waals surface area (Å²) in [4.78, 5) is 8.20. The molecule has 0 fully saturated rings. The van der Waals surface area contributed by atoms with Crippen molar-refractivity contribution < 1.29 is 4.39 Å². The number of fused-ring (bicyclic) bond motifs is 1. The van der Waals surface area contributed by atoms with E-state index in [9.17, 15) is 4.39 Å². The Morgan fingerprint density at radius 1 is 1.00 bits per heavy atom. The first kappa shape index (κ1) is 19.9. The highest BCUT2D eigenvalue weighted by Gasteiger charge is 2.19. The summed E-state index contributed by atoms with van der Waals surface area (Å²) in [5, 5.41) is 4.73. The number of aromatic nitrogens is 2. The first-order valence-corrected chi connectivity index (χ1v) is 9.11. The van der Waals surface area contributed by atoms with E-state index < -0.39 is 0 Å². The monoisotopic (exact) mass is 395 g/mol. The van der Waals surface area contributed by atoms with Crippen molar-refractivity contribution in [2.45, 2.75) is 26.3 Å². The molecule has 2 heterocycles. The molecule has 4 rings (SSSR count). The maximum atomic E-state index is 13.3. The molecule has 0 spiro atoms. The molecule has 0 amide bonds. The largest absolute Gasteiger partial charge is 0.376 e. The van der Waals surface area contributed by atoms with Gasteiger partial charge in [-0.2, -0.15) is 0 Å². The van der Waals surface area contributed by atoms with Crippen LogP contribution in [0.5, 0.6) is 0 Å². The molecule has 144 valence electrons. The quantitative estimate of drug-likeness (QED) is 0.426. The summed E-state index contributed by atoms with van der Waals surface area (Å²) in [6.07, 6.45) is 2.64. The van der Waals surface area contributed by atoms with E-state index in [0.717, 1.165) is 29.0 Å². The number of rotatable bonds is 5. The van der Waals surface area contributed by atoms with Gasteiger partial charge in [-0.25, -0.2) is 4.39 Å². The minimum atomic E-state index is -0.240. The standard InChI is InChI=1S/C23H22FN3.ClH/c1-15-16(2)26-22-20(15)12-13-25-23(22)21(14-17-6-4-3-5-7-17)27-19-10-8-18(24)9-11-19;/h3-13,21,26-27H,14H2,1-2H3;1H. The molecule has 0 saturated heterocycles. The zero-order valence-electron chi connectivity index (χ0n) is 15.9. The number of aromatic amines is 1. The molecule has 2 aromatic heterocycles. The van der Waals surface area contributed by atoms with Crippen molar-refractivity contribution in [2.24, 2.45) is 0 Å². The summed E-state index contributed by atoms with van der Waals surface area (Å²) in [5.74, 6) is -0.240. The maximum absolute atomic E-state index is 13.3. The second kappa shape index (κ2) is 8.44. The van der Waals surface area contributed by atoms with Gasteiger partial charge < -0.3 is 10.3 Å². The number of pyridine rings is 1. The van der Waals surface area contributed by atoms with Crippen molar-refractivity contribution in [1.82, 2.24) is 9.97 Å². The highest BCUT2D eigenvalue weighted by Crippen LogP contribution is 2.30. The van der Waals surface area contributed by atoms with E-state index in [1.807, 2.05) is 24.4 Å². The number of anilines is 1. The summed E-state index contributed by atoms with van der Waals surface area (Å²) in [6, 6.07) is 18.8. The lowest BCUT2D eigenvalue weighted by Gasteiger charge is -2.20. The molecule has 0 aliphatic rings. The minimum Gasteiger partial charge on any atom is -0.376 e. The molecular weight excluding hydrogens is 373 g/mol. The Labute approximate surface area is 170 Å². The van der Waals surface area contributed by atoms with E-state index >= 15 is 0 Å². The summed E-state index contributed by atoms with van der Waals surface area (Å²) in [5.41, 5.74) is 6.51. The first-order valence-electron chi connectivity index (χ1n) is 9.11. The number of H-pyrrole nitrogens is 1. The van der Waals surface area contributed by atoms with Crippen molar-refractivity contribution in [2.75, 3.05) is 5.32 Å². The minimum absolute atomic E-state index is 0. The summed E-state index contributed by atoms with van der Waals surface area (Å²) >= 11 is 0. The van der Waals surface area contributed by atoms with Crippen molar-refractivity contribution in [3.63, 3.8) is 0 Å². The Kier molecular flexibility index (Phi) is 6.00. The van der Waals surface area contributed by atoms with Gasteiger partial charge in [0.2, 0.25) is 0 Å². The fraction of sp³-hybridized carbons (Fsp3) is 0.174. The predicted molar refractivity (Wildman–Crippen MR) is 116 cm³/mol. The van der Waals surface area contributed by atoms with Crippen LogP contribution in [-0.2, 0) is 6.42 Å². The zero-order chi connectivity index (χ0) is 18.8. The first-order chi connectivity index (χ1) is 13.1. The van der Waals surface area contributed by atoms with Gasteiger partial charge >= 0.3 is 0 Å². The van der Waals surface area contributed by atoms with Gasteiger partial charge in [0.25, 0.3) is 0 Å². The van der Waals surface area contributed by atoms with Gasteiger partial charge in [-0.3, -0.25) is 4.98 Å². The van der Waals surface area contributed by atoms with Crippen LogP contribution < -0.4 is 5.32 Å². The number of aryl methyl sites for hydroxylation is 2. The van der Waals surface area contributed by atoms with Crippen LogP contribution in [0.1, 0.15) is 28.6 Å². The molecule has 0 aliphatic heterocycles. The maximum Gasteiger partial charge on any atom is 0.123 e. The summed E-state index contributed by atoms with van der Waals surface area (Å²) in [6.45, 7) is 4.20. The number of nitrogens with one attached hydrogen (secondary N) is 2. The average Bonchev–Trinajstić information content (AvgIpc) is 2.98. The fourth-order valence-electron chi connectivity index (χ4n) is 3.48. The van der Waals surface area contributed by atoms with Crippen LogP contribution in [0.4, 0.5) is 10.1 Å². The SMILES string of the molecule is Cc1[nH]c2c(C(Cc3ccccc3)Nc3ccc(F)cc3)nccc2c1C.Cl. The van der Waals surface area contributed by atoms with Crippen molar-refractivity contribution in [3.05, 3.63) is 95.2 Å². The van der Waals surface area contributed by atoms with E-state index in [4.69, 9.17) is 4.98 Å². The predicted octanol–water partition coefficient (Wildman–Crippen LogP) is 6.14. The van der Waals surface area contributed by atoms with Crippen molar-refractivity contribution in [3.8, 4) is 0 Å². The van der Waals surface area contributed by atoms with E-state index in [2.05, 4.69) is 42.3 Å². The van der Waals surface area contributed by atoms with E-state index in [1.165, 1.54) is 28.6 Å². The third kappa shape index (κ3) is 4.02. The number of hydrogen-bond acceptors (Lipinski definition) is 2. The average molecular weight is 396 g/mol. The molecule has 2 aromatic carbocycles. The Morgan fingerprint density at radius 2 is 1.71 bits per heavy atom. The van der Waals surface area contributed by atoms with Gasteiger partial charge in [-0.1, -0.05) is 30.3 Å². The number of nitrogens with zero attached hydrogens (tertiary/aromatic N) is 1. The molecular formula is C23H23ClFN3. The topological polar surface area (TPSA) is 40.7 Å². The lowest BCUT2D eigenvalue weighted by atomic mass is 10.0. The Morgan fingerprint density at radius 3 is 2.43 bits per heavy atom. The van der Waals surface area contributed by atoms with Crippen LogP contribution in [0, 0.1) is 19.7 Å². The second-order valence-electron chi connectivity index (χ2n) is 6.89. The van der Waals surface area contributed by atoms with Crippen LogP contribution in [0.3, 0.4) is 0 Å². The van der Waals surface area contributed by atoms with Gasteiger partial charge in [0.05, 0.1) is 17.3 Å². The Hall–Kier alpha value is -2.85. The zero-order valence-corrected chi connectivity index (χ0v) is 16.7. The molecule has 0 aliphatic carbocycles. The van der Waals surface area contributed by atoms with Gasteiger partial charge in [0.15, 0.2) is 0 Å². The van der Waals surface area contributed by atoms with Crippen LogP contribution in [-0.4, -0.2) is 9.97 Å². The van der Waals surface area contributed by atoms with Crippen LogP contribution in [0.2, 0.25) is 0 Å². The molecule has 1 atom stereocenters. The van der Waals surface area contributed by atoms with Crippen LogP contribution in [0.15, 0.2) is 66.9 Å². The highest BCUT2D eigenvalue weighted by atomic mass is 35.5. The molecule has 5 heteroatoms. The van der Waals surface area contributed by atoms with Crippen LogP contribution >= 0.6 is 12.4 Å². The summed E-state index contributed by atoms with van der Waals surface area (Å²) in [7, 11) is 0. The highest BCUT2D eigenvalue weighted by molar-refractivity contribution is 5.86. The lowest BCUT2D eigenvalue weighted by Crippen LogP contribution is -2.16. The smallest absolute Gasteiger partial charge is 0.123 e. The summed E-state index contributed by atoms with van der Waals surface area (Å²) < 4.78 is 13.3. The molecule has 0 saturated carbocycles. The molecule has 3 nitrogen and oxygen atoms in total. The third-order valence-electron chi connectivity index (χ3n) is 5.06. The van der Waals surface area contributed by atoms with Gasteiger partial charge in [0, 0.05) is 23.0 Å². The van der Waals surface area contributed by atoms with E-state index in [1.54, 1.807) is 12.1 Å². The number of hydrogen-bond donors (Lipinski definition) is 2. The van der Waals surface area contributed by atoms with E-state index in [0.29, 0.717) is 0 Å². The number of halogens is 2. The Bertz CT molecular complexity index is 1060.